The first kappa shape index (κ1) is 12.7. The Balaban J connectivity index is 3.04. The molecule has 0 unspecified atom stereocenters. The van der Waals surface area contributed by atoms with Gasteiger partial charge in [-0.1, -0.05) is 23.2 Å². The summed E-state index contributed by atoms with van der Waals surface area (Å²) >= 11 is 10.6. The number of hydrogen-bond acceptors (Lipinski definition) is 4. The normalized spacial score (nSPS) is 11.8. The number of aliphatic hydroxyl groups is 1. The molecule has 0 spiro atoms. The molecule has 0 aliphatic rings. The van der Waals surface area contributed by atoms with Crippen LogP contribution in [0.3, 0.4) is 0 Å². The summed E-state index contributed by atoms with van der Waals surface area (Å²) in [5.41, 5.74) is 0.0832. The molecule has 0 aromatic heterocycles. The zero-order chi connectivity index (χ0) is 12.3. The molecule has 0 aliphatic carbocycles. The molecule has 3 N–H and O–H groups in total. The van der Waals surface area contributed by atoms with Gasteiger partial charge in [0.1, 0.15) is 17.3 Å². The summed E-state index contributed by atoms with van der Waals surface area (Å²) in [6, 6.07) is 3.44. The van der Waals surface area contributed by atoms with Gasteiger partial charge in [-0.05, 0) is 12.1 Å². The summed E-state index contributed by atoms with van der Waals surface area (Å²) in [7, 11) is 0. The Bertz CT molecular complexity index is 420. The number of alkyl halides is 2. The summed E-state index contributed by atoms with van der Waals surface area (Å²) < 4.78 is 0. The van der Waals surface area contributed by atoms with Crippen LogP contribution in [0.4, 0.5) is 0 Å². The van der Waals surface area contributed by atoms with Gasteiger partial charge >= 0.3 is 0 Å². The predicted octanol–water partition coefficient (Wildman–Crippen LogP) is 2.37. The molecule has 16 heavy (non-hydrogen) atoms. The third kappa shape index (κ3) is 3.32. The molecule has 4 nitrogen and oxygen atoms in total. The van der Waals surface area contributed by atoms with E-state index in [1.54, 1.807) is 0 Å². The first-order valence-corrected chi connectivity index (χ1v) is 5.03. The summed E-state index contributed by atoms with van der Waals surface area (Å²) in [4.78, 5) is 9.80. The van der Waals surface area contributed by atoms with Gasteiger partial charge in [-0.15, -0.1) is 0 Å². The molecule has 86 valence electrons. The van der Waals surface area contributed by atoms with Crippen molar-refractivity contribution in [2.45, 2.75) is 4.84 Å². The summed E-state index contributed by atoms with van der Waals surface area (Å²) in [6.45, 7) is 0. The maximum atomic E-state index is 11.1. The molecular weight excluding hydrogens is 255 g/mol. The molecule has 0 aliphatic heterocycles. The standard InChI is InChI=1S/C10H8Cl2O4/c11-10(12)9(16)4-8(15)5-1-6(13)3-7(14)2-5/h1-4,10,13-15H/b8-4-. The Morgan fingerprint density at radius 3 is 2.12 bits per heavy atom. The number of phenolic OH excluding ortho intramolecular Hbond substituents is 2. The van der Waals surface area contributed by atoms with Gasteiger partial charge in [0.2, 0.25) is 0 Å². The minimum Gasteiger partial charge on any atom is -0.508 e. The molecule has 0 amide bonds. The molecule has 0 heterocycles. The number of carbonyl (C=O) groups excluding carboxylic acids is 1. The van der Waals surface area contributed by atoms with E-state index in [4.69, 9.17) is 33.4 Å². The zero-order valence-electron chi connectivity index (χ0n) is 7.89. The average Bonchev–Trinajstić information content (AvgIpc) is 2.15. The van der Waals surface area contributed by atoms with Crippen LogP contribution in [-0.2, 0) is 4.79 Å². The number of phenols is 2. The number of aliphatic hydroxyl groups excluding tert-OH is 1. The topological polar surface area (TPSA) is 77.8 Å². The molecule has 0 bridgehead atoms. The molecule has 0 saturated heterocycles. The lowest BCUT2D eigenvalue weighted by Crippen LogP contribution is -2.04. The minimum atomic E-state index is -1.27. The Hall–Kier alpha value is -1.39. The van der Waals surface area contributed by atoms with Gasteiger partial charge in [0.25, 0.3) is 0 Å². The number of halogens is 2. The van der Waals surface area contributed by atoms with E-state index in [9.17, 15) is 9.90 Å². The summed E-state index contributed by atoms with van der Waals surface area (Å²) in [6.07, 6.45) is 0.818. The number of rotatable bonds is 3. The highest BCUT2D eigenvalue weighted by atomic mass is 35.5. The number of allylic oxidation sites excluding steroid dienone is 1. The molecular formula is C10H8Cl2O4. The van der Waals surface area contributed by atoms with Crippen molar-refractivity contribution in [1.82, 2.24) is 0 Å². The van der Waals surface area contributed by atoms with E-state index in [1.807, 2.05) is 0 Å². The van der Waals surface area contributed by atoms with E-state index in [0.29, 0.717) is 0 Å². The smallest absolute Gasteiger partial charge is 0.192 e. The van der Waals surface area contributed by atoms with E-state index in [1.165, 1.54) is 12.1 Å². The molecule has 0 fully saturated rings. The Morgan fingerprint density at radius 2 is 1.69 bits per heavy atom. The lowest BCUT2D eigenvalue weighted by molar-refractivity contribution is -0.113. The fourth-order valence-electron chi connectivity index (χ4n) is 1.02. The van der Waals surface area contributed by atoms with Gasteiger partial charge in [-0.3, -0.25) is 4.79 Å². The molecule has 6 heteroatoms. The van der Waals surface area contributed by atoms with Crippen molar-refractivity contribution in [2.75, 3.05) is 0 Å². The average molecular weight is 263 g/mol. The van der Waals surface area contributed by atoms with Crippen molar-refractivity contribution < 1.29 is 20.1 Å². The minimum absolute atomic E-state index is 0.0832. The highest BCUT2D eigenvalue weighted by molar-refractivity contribution is 6.55. The highest BCUT2D eigenvalue weighted by Gasteiger charge is 2.11. The van der Waals surface area contributed by atoms with Crippen LogP contribution >= 0.6 is 23.2 Å². The van der Waals surface area contributed by atoms with Crippen molar-refractivity contribution >= 4 is 34.7 Å². The van der Waals surface area contributed by atoms with E-state index >= 15 is 0 Å². The number of aromatic hydroxyl groups is 2. The maximum Gasteiger partial charge on any atom is 0.192 e. The number of carbonyl (C=O) groups is 1. The molecule has 0 radical (unpaired) electrons. The Morgan fingerprint density at radius 1 is 1.19 bits per heavy atom. The van der Waals surface area contributed by atoms with E-state index < -0.39 is 16.4 Å². The van der Waals surface area contributed by atoms with Gasteiger partial charge < -0.3 is 15.3 Å². The van der Waals surface area contributed by atoms with E-state index in [-0.39, 0.29) is 17.1 Å². The second-order valence-electron chi connectivity index (χ2n) is 2.97. The fraction of sp³-hybridized carbons (Fsp3) is 0.100. The van der Waals surface area contributed by atoms with E-state index in [2.05, 4.69) is 0 Å². The van der Waals surface area contributed by atoms with Gasteiger partial charge in [0.05, 0.1) is 0 Å². The van der Waals surface area contributed by atoms with Crippen LogP contribution in [0.25, 0.3) is 5.76 Å². The zero-order valence-corrected chi connectivity index (χ0v) is 9.40. The van der Waals surface area contributed by atoms with Crippen LogP contribution in [0, 0.1) is 0 Å². The second-order valence-corrected chi connectivity index (χ2v) is 4.07. The SMILES string of the molecule is O=C(/C=C(\O)c1cc(O)cc(O)c1)C(Cl)Cl. The number of ketones is 1. The third-order valence-electron chi connectivity index (χ3n) is 1.69. The molecule has 1 rings (SSSR count). The lowest BCUT2D eigenvalue weighted by Gasteiger charge is -2.02. The van der Waals surface area contributed by atoms with Crippen LogP contribution in [0.2, 0.25) is 0 Å². The fourth-order valence-corrected chi connectivity index (χ4v) is 1.15. The van der Waals surface area contributed by atoms with Gasteiger partial charge in [0.15, 0.2) is 10.6 Å². The molecule has 0 saturated carbocycles. The van der Waals surface area contributed by atoms with Crippen LogP contribution in [0.5, 0.6) is 11.5 Å². The molecule has 1 aromatic carbocycles. The summed E-state index contributed by atoms with van der Waals surface area (Å²) in [5, 5.41) is 27.8. The summed E-state index contributed by atoms with van der Waals surface area (Å²) in [5.74, 6) is -1.61. The molecule has 1 aromatic rings. The monoisotopic (exact) mass is 262 g/mol. The van der Waals surface area contributed by atoms with Gasteiger partial charge in [0, 0.05) is 17.7 Å². The number of hydrogen-bond donors (Lipinski definition) is 3. The van der Waals surface area contributed by atoms with Crippen molar-refractivity contribution in [3.05, 3.63) is 29.8 Å². The van der Waals surface area contributed by atoms with Crippen molar-refractivity contribution in [3.8, 4) is 11.5 Å². The third-order valence-corrected chi connectivity index (χ3v) is 2.12. The van der Waals surface area contributed by atoms with Crippen LogP contribution in [0.1, 0.15) is 5.56 Å². The maximum absolute atomic E-state index is 11.1. The largest absolute Gasteiger partial charge is 0.508 e. The van der Waals surface area contributed by atoms with Crippen LogP contribution in [-0.4, -0.2) is 25.9 Å². The highest BCUT2D eigenvalue weighted by Crippen LogP contribution is 2.24. The van der Waals surface area contributed by atoms with Gasteiger partial charge in [-0.25, -0.2) is 0 Å². The first-order valence-electron chi connectivity index (χ1n) is 4.16. The molecule has 0 atom stereocenters. The Labute approximate surface area is 101 Å². The van der Waals surface area contributed by atoms with Crippen LogP contribution < -0.4 is 0 Å². The van der Waals surface area contributed by atoms with E-state index in [0.717, 1.165) is 12.1 Å². The first-order chi connectivity index (χ1) is 7.40. The van der Waals surface area contributed by atoms with Crippen molar-refractivity contribution in [1.29, 1.82) is 0 Å². The van der Waals surface area contributed by atoms with Crippen molar-refractivity contribution in [3.63, 3.8) is 0 Å². The Kier molecular flexibility index (Phi) is 4.04. The van der Waals surface area contributed by atoms with Gasteiger partial charge in [-0.2, -0.15) is 0 Å². The van der Waals surface area contributed by atoms with Crippen molar-refractivity contribution in [2.24, 2.45) is 0 Å². The number of benzene rings is 1. The van der Waals surface area contributed by atoms with Crippen LogP contribution in [0.15, 0.2) is 24.3 Å². The second kappa shape index (κ2) is 5.09. The lowest BCUT2D eigenvalue weighted by atomic mass is 10.1. The predicted molar refractivity (Wildman–Crippen MR) is 60.9 cm³/mol. The quantitative estimate of drug-likeness (QED) is 0.444.